The molecule has 140 valence electrons. The molecular weight excluding hydrogens is 350 g/mol. The molecule has 1 fully saturated rings. The van der Waals surface area contributed by atoms with Gasteiger partial charge in [-0.1, -0.05) is 55.3 Å². The second-order valence-electron chi connectivity index (χ2n) is 7.03. The van der Waals surface area contributed by atoms with Crippen molar-refractivity contribution in [3.63, 3.8) is 0 Å². The molecule has 0 heterocycles. The lowest BCUT2D eigenvalue weighted by molar-refractivity contribution is -0.134. The van der Waals surface area contributed by atoms with E-state index in [9.17, 15) is 13.2 Å². The van der Waals surface area contributed by atoms with Gasteiger partial charge in [-0.3, -0.25) is 9.69 Å². The van der Waals surface area contributed by atoms with Crippen molar-refractivity contribution in [3.8, 4) is 0 Å². The van der Waals surface area contributed by atoms with Crippen LogP contribution in [0.1, 0.15) is 31.2 Å². The predicted octanol–water partition coefficient (Wildman–Crippen LogP) is 3.08. The molecule has 0 bridgehead atoms. The quantitative estimate of drug-likeness (QED) is 0.767. The van der Waals surface area contributed by atoms with E-state index in [2.05, 4.69) is 29.2 Å². The molecule has 26 heavy (non-hydrogen) atoms. The van der Waals surface area contributed by atoms with Gasteiger partial charge in [0.25, 0.3) is 0 Å². The van der Waals surface area contributed by atoms with E-state index in [-0.39, 0.29) is 5.75 Å². The van der Waals surface area contributed by atoms with Gasteiger partial charge in [0.2, 0.25) is 0 Å². The van der Waals surface area contributed by atoms with Crippen molar-refractivity contribution in [1.82, 2.24) is 4.90 Å². The van der Waals surface area contributed by atoms with Crippen LogP contribution in [0, 0.1) is 0 Å². The summed E-state index contributed by atoms with van der Waals surface area (Å²) >= 11 is 0. The van der Waals surface area contributed by atoms with Gasteiger partial charge < -0.3 is 5.11 Å². The molecule has 2 aromatic carbocycles. The van der Waals surface area contributed by atoms with Crippen molar-refractivity contribution in [2.45, 2.75) is 38.3 Å². The number of carboxylic acids is 1. The number of aliphatic carboxylic acids is 1. The highest BCUT2D eigenvalue weighted by Gasteiger charge is 2.25. The van der Waals surface area contributed by atoms with Crippen LogP contribution in [0.2, 0.25) is 0 Å². The zero-order chi connectivity index (χ0) is 18.6. The van der Waals surface area contributed by atoms with Crippen LogP contribution in [0.4, 0.5) is 0 Å². The molecule has 1 aliphatic rings. The molecule has 0 amide bonds. The second-order valence-corrected chi connectivity index (χ2v) is 9.22. The summed E-state index contributed by atoms with van der Waals surface area (Å²) in [5, 5.41) is 11.1. The summed E-state index contributed by atoms with van der Waals surface area (Å²) in [7, 11) is -3.58. The Morgan fingerprint density at radius 1 is 1.08 bits per heavy atom. The standard InChI is InChI=1S/C20H25NO4S/c22-20(23)15-26(24,25)13-12-21(18-9-2-3-10-18)14-17-8-5-7-16-6-1-4-11-19(16)17/h1,4-8,11,18H,2-3,9-10,12-15H2,(H,22,23). The van der Waals surface area contributed by atoms with Gasteiger partial charge in [-0.15, -0.1) is 0 Å². The van der Waals surface area contributed by atoms with Crippen LogP contribution in [0.5, 0.6) is 0 Å². The Labute approximate surface area is 154 Å². The molecular formula is C20H25NO4S. The first-order chi connectivity index (χ1) is 12.4. The maximum Gasteiger partial charge on any atom is 0.318 e. The van der Waals surface area contributed by atoms with E-state index in [4.69, 9.17) is 5.11 Å². The van der Waals surface area contributed by atoms with E-state index in [0.29, 0.717) is 19.1 Å². The molecule has 0 aromatic heterocycles. The number of fused-ring (bicyclic) bond motifs is 1. The van der Waals surface area contributed by atoms with E-state index >= 15 is 0 Å². The normalized spacial score (nSPS) is 15.7. The lowest BCUT2D eigenvalue weighted by Crippen LogP contribution is -2.37. The van der Waals surface area contributed by atoms with Gasteiger partial charge in [-0.05, 0) is 29.2 Å². The molecule has 2 aromatic rings. The first-order valence-corrected chi connectivity index (χ1v) is 10.9. The van der Waals surface area contributed by atoms with Crippen LogP contribution in [-0.2, 0) is 21.2 Å². The number of carboxylic acid groups (broad SMARTS) is 1. The van der Waals surface area contributed by atoms with E-state index in [1.807, 2.05) is 18.2 Å². The van der Waals surface area contributed by atoms with Crippen LogP contribution in [-0.4, -0.2) is 48.5 Å². The summed E-state index contributed by atoms with van der Waals surface area (Å²) in [4.78, 5) is 13.0. The van der Waals surface area contributed by atoms with Gasteiger partial charge in [0.15, 0.2) is 9.84 Å². The van der Waals surface area contributed by atoms with E-state index in [1.165, 1.54) is 29.2 Å². The molecule has 0 spiro atoms. The Hall–Kier alpha value is -1.92. The highest BCUT2D eigenvalue weighted by molar-refractivity contribution is 7.92. The Morgan fingerprint density at radius 2 is 1.77 bits per heavy atom. The fourth-order valence-electron chi connectivity index (χ4n) is 3.83. The molecule has 1 saturated carbocycles. The summed E-state index contributed by atoms with van der Waals surface area (Å²) in [6, 6.07) is 14.8. The van der Waals surface area contributed by atoms with E-state index < -0.39 is 21.6 Å². The Morgan fingerprint density at radius 3 is 2.50 bits per heavy atom. The highest BCUT2D eigenvalue weighted by atomic mass is 32.2. The number of benzene rings is 2. The third kappa shape index (κ3) is 4.83. The summed E-state index contributed by atoms with van der Waals surface area (Å²) < 4.78 is 24.0. The highest BCUT2D eigenvalue weighted by Crippen LogP contribution is 2.27. The SMILES string of the molecule is O=C(O)CS(=O)(=O)CCN(Cc1cccc2ccccc12)C1CCCC1. The van der Waals surface area contributed by atoms with Crippen LogP contribution < -0.4 is 0 Å². The maximum atomic E-state index is 12.0. The zero-order valence-corrected chi connectivity index (χ0v) is 15.6. The van der Waals surface area contributed by atoms with Crippen molar-refractivity contribution in [1.29, 1.82) is 0 Å². The van der Waals surface area contributed by atoms with Gasteiger partial charge in [0, 0.05) is 19.1 Å². The van der Waals surface area contributed by atoms with Crippen LogP contribution >= 0.6 is 0 Å². The van der Waals surface area contributed by atoms with Crippen molar-refractivity contribution in [2.75, 3.05) is 18.1 Å². The molecule has 3 rings (SSSR count). The minimum absolute atomic E-state index is 0.111. The monoisotopic (exact) mass is 375 g/mol. The fraction of sp³-hybridized carbons (Fsp3) is 0.450. The molecule has 0 saturated heterocycles. The fourth-order valence-corrected chi connectivity index (χ4v) is 4.86. The molecule has 0 aliphatic heterocycles. The number of carbonyl (C=O) groups is 1. The summed E-state index contributed by atoms with van der Waals surface area (Å²) in [5.74, 6) is -2.19. The average Bonchev–Trinajstić information content (AvgIpc) is 3.12. The van der Waals surface area contributed by atoms with Crippen molar-refractivity contribution >= 4 is 26.6 Å². The van der Waals surface area contributed by atoms with E-state index in [0.717, 1.165) is 12.8 Å². The van der Waals surface area contributed by atoms with Gasteiger partial charge in [0.05, 0.1) is 5.75 Å². The first-order valence-electron chi connectivity index (χ1n) is 9.07. The topological polar surface area (TPSA) is 74.7 Å². The Bertz CT molecular complexity index is 867. The Kier molecular flexibility index (Phi) is 5.94. The van der Waals surface area contributed by atoms with Crippen molar-refractivity contribution < 1.29 is 18.3 Å². The van der Waals surface area contributed by atoms with Gasteiger partial charge in [0.1, 0.15) is 5.75 Å². The molecule has 6 heteroatoms. The van der Waals surface area contributed by atoms with Crippen molar-refractivity contribution in [2.24, 2.45) is 0 Å². The molecule has 1 N–H and O–H groups in total. The number of rotatable bonds is 8. The molecule has 5 nitrogen and oxygen atoms in total. The number of nitrogens with zero attached hydrogens (tertiary/aromatic N) is 1. The number of hydrogen-bond acceptors (Lipinski definition) is 4. The minimum Gasteiger partial charge on any atom is -0.480 e. The first kappa shape index (κ1) is 18.9. The van der Waals surface area contributed by atoms with Crippen LogP contribution in [0.15, 0.2) is 42.5 Å². The minimum atomic E-state index is -3.58. The lowest BCUT2D eigenvalue weighted by atomic mass is 10.0. The van der Waals surface area contributed by atoms with Crippen molar-refractivity contribution in [3.05, 3.63) is 48.0 Å². The van der Waals surface area contributed by atoms with Gasteiger partial charge in [-0.25, -0.2) is 8.42 Å². The van der Waals surface area contributed by atoms with Crippen LogP contribution in [0.25, 0.3) is 10.8 Å². The Balaban J connectivity index is 1.79. The maximum absolute atomic E-state index is 12.0. The predicted molar refractivity (Wildman–Crippen MR) is 103 cm³/mol. The van der Waals surface area contributed by atoms with Gasteiger partial charge >= 0.3 is 5.97 Å². The number of sulfone groups is 1. The molecule has 0 radical (unpaired) electrons. The van der Waals surface area contributed by atoms with Crippen LogP contribution in [0.3, 0.4) is 0 Å². The lowest BCUT2D eigenvalue weighted by Gasteiger charge is -2.29. The zero-order valence-electron chi connectivity index (χ0n) is 14.8. The summed E-state index contributed by atoms with van der Waals surface area (Å²) in [5.41, 5.74) is 1.19. The summed E-state index contributed by atoms with van der Waals surface area (Å²) in [6.07, 6.45) is 4.48. The third-order valence-electron chi connectivity index (χ3n) is 5.13. The molecule has 0 atom stereocenters. The van der Waals surface area contributed by atoms with Gasteiger partial charge in [-0.2, -0.15) is 0 Å². The van der Waals surface area contributed by atoms with E-state index in [1.54, 1.807) is 0 Å². The second kappa shape index (κ2) is 8.18. The summed E-state index contributed by atoms with van der Waals surface area (Å²) in [6.45, 7) is 1.07. The smallest absolute Gasteiger partial charge is 0.318 e. The number of hydrogen-bond donors (Lipinski definition) is 1. The largest absolute Gasteiger partial charge is 0.480 e. The molecule has 1 aliphatic carbocycles. The third-order valence-corrected chi connectivity index (χ3v) is 6.62. The molecule has 0 unspecified atom stereocenters. The average molecular weight is 375 g/mol.